The lowest BCUT2D eigenvalue weighted by Gasteiger charge is -2.22. The van der Waals surface area contributed by atoms with Gasteiger partial charge in [0, 0.05) is 20.8 Å². The van der Waals surface area contributed by atoms with Gasteiger partial charge in [-0.2, -0.15) is 0 Å². The second-order valence-corrected chi connectivity index (χ2v) is 4.65. The van der Waals surface area contributed by atoms with Crippen molar-refractivity contribution in [1.82, 2.24) is 10.5 Å². The van der Waals surface area contributed by atoms with Crippen molar-refractivity contribution >= 4 is 5.91 Å². The maximum absolute atomic E-state index is 12.9. The predicted octanol–water partition coefficient (Wildman–Crippen LogP) is 1.45. The Morgan fingerprint density at radius 2 is 2.16 bits per heavy atom. The van der Waals surface area contributed by atoms with Crippen molar-refractivity contribution in [1.29, 1.82) is 0 Å². The van der Waals surface area contributed by atoms with Gasteiger partial charge in [-0.05, 0) is 13.8 Å². The Bertz CT molecular complexity index is 431. The molecule has 1 aromatic rings. The van der Waals surface area contributed by atoms with Gasteiger partial charge >= 0.3 is 0 Å². The van der Waals surface area contributed by atoms with Gasteiger partial charge in [-0.25, -0.2) is 4.39 Å². The SMILES string of the molecule is COCc1onc(C(=O)NCC(C)(C)OC)c1CF. The topological polar surface area (TPSA) is 73.6 Å². The molecule has 0 unspecified atom stereocenters. The van der Waals surface area contributed by atoms with Crippen molar-refractivity contribution in [3.8, 4) is 0 Å². The van der Waals surface area contributed by atoms with Crippen molar-refractivity contribution in [2.75, 3.05) is 20.8 Å². The molecular formula is C12H19FN2O4. The van der Waals surface area contributed by atoms with Gasteiger partial charge in [0.05, 0.1) is 11.2 Å². The van der Waals surface area contributed by atoms with Gasteiger partial charge in [0.2, 0.25) is 0 Å². The molecule has 108 valence electrons. The van der Waals surface area contributed by atoms with Gasteiger partial charge in [-0.15, -0.1) is 0 Å². The van der Waals surface area contributed by atoms with Crippen molar-refractivity contribution in [3.05, 3.63) is 17.0 Å². The van der Waals surface area contributed by atoms with E-state index in [0.29, 0.717) is 0 Å². The Morgan fingerprint density at radius 1 is 1.47 bits per heavy atom. The molecule has 6 nitrogen and oxygen atoms in total. The van der Waals surface area contributed by atoms with Crippen LogP contribution in [0.25, 0.3) is 0 Å². The van der Waals surface area contributed by atoms with Gasteiger partial charge in [0.15, 0.2) is 11.5 Å². The largest absolute Gasteiger partial charge is 0.377 e. The Kier molecular flexibility index (Phi) is 5.44. The lowest BCUT2D eigenvalue weighted by molar-refractivity contribution is 0.0227. The molecule has 19 heavy (non-hydrogen) atoms. The average molecular weight is 274 g/mol. The molecule has 0 spiro atoms. The number of rotatable bonds is 7. The van der Waals surface area contributed by atoms with E-state index in [2.05, 4.69) is 10.5 Å². The number of hydrogen-bond donors (Lipinski definition) is 1. The molecule has 0 aliphatic heterocycles. The van der Waals surface area contributed by atoms with Crippen LogP contribution in [-0.4, -0.2) is 37.4 Å². The number of carbonyl (C=O) groups is 1. The molecule has 0 aromatic carbocycles. The van der Waals surface area contributed by atoms with E-state index >= 15 is 0 Å². The van der Waals surface area contributed by atoms with Gasteiger partial charge in [0.25, 0.3) is 5.91 Å². The Morgan fingerprint density at radius 3 is 2.68 bits per heavy atom. The van der Waals surface area contributed by atoms with Crippen molar-refractivity contribution in [3.63, 3.8) is 0 Å². The standard InChI is InChI=1S/C12H19FN2O4/c1-12(2,18-4)7-14-11(16)10-8(5-13)9(6-17-3)19-15-10/h5-7H2,1-4H3,(H,14,16). The third-order valence-electron chi connectivity index (χ3n) is 2.72. The Hall–Kier alpha value is -1.47. The van der Waals surface area contributed by atoms with E-state index in [0.717, 1.165) is 0 Å². The number of nitrogens with zero attached hydrogens (tertiary/aromatic N) is 1. The number of nitrogens with one attached hydrogen (secondary N) is 1. The van der Waals surface area contributed by atoms with Crippen molar-refractivity contribution in [2.24, 2.45) is 0 Å². The number of alkyl halides is 1. The maximum atomic E-state index is 12.9. The van der Waals surface area contributed by atoms with E-state index in [-0.39, 0.29) is 30.2 Å². The van der Waals surface area contributed by atoms with Crippen LogP contribution in [0.3, 0.4) is 0 Å². The molecule has 1 heterocycles. The number of ether oxygens (including phenoxy) is 2. The maximum Gasteiger partial charge on any atom is 0.273 e. The molecular weight excluding hydrogens is 255 g/mol. The minimum atomic E-state index is -0.835. The van der Waals surface area contributed by atoms with Crippen molar-refractivity contribution in [2.45, 2.75) is 32.7 Å². The third kappa shape index (κ3) is 4.00. The minimum absolute atomic E-state index is 0.0542. The molecule has 0 radical (unpaired) electrons. The Labute approximate surface area is 111 Å². The number of carbonyl (C=O) groups excluding carboxylic acids is 1. The number of halogens is 1. The van der Waals surface area contributed by atoms with Crippen LogP contribution in [0.1, 0.15) is 35.7 Å². The van der Waals surface area contributed by atoms with Gasteiger partial charge in [0.1, 0.15) is 13.3 Å². The Balaban J connectivity index is 2.77. The number of amides is 1. The lowest BCUT2D eigenvalue weighted by atomic mass is 10.1. The predicted molar refractivity (Wildman–Crippen MR) is 65.4 cm³/mol. The highest BCUT2D eigenvalue weighted by Crippen LogP contribution is 2.17. The van der Waals surface area contributed by atoms with E-state index in [1.54, 1.807) is 7.11 Å². The van der Waals surface area contributed by atoms with Crippen LogP contribution in [0.4, 0.5) is 4.39 Å². The summed E-state index contributed by atoms with van der Waals surface area (Å²) in [5, 5.41) is 6.21. The summed E-state index contributed by atoms with van der Waals surface area (Å²) >= 11 is 0. The molecule has 1 rings (SSSR count). The molecule has 0 saturated heterocycles. The number of aromatic nitrogens is 1. The smallest absolute Gasteiger partial charge is 0.273 e. The highest BCUT2D eigenvalue weighted by atomic mass is 19.1. The van der Waals surface area contributed by atoms with E-state index < -0.39 is 18.2 Å². The summed E-state index contributed by atoms with van der Waals surface area (Å²) in [4.78, 5) is 11.9. The first-order valence-electron chi connectivity index (χ1n) is 5.81. The summed E-state index contributed by atoms with van der Waals surface area (Å²) in [6, 6.07) is 0. The summed E-state index contributed by atoms with van der Waals surface area (Å²) in [6.07, 6.45) is 0. The van der Waals surface area contributed by atoms with Gasteiger partial charge < -0.3 is 19.3 Å². The molecule has 0 atom stereocenters. The highest BCUT2D eigenvalue weighted by Gasteiger charge is 2.24. The fraction of sp³-hybridized carbons (Fsp3) is 0.667. The van der Waals surface area contributed by atoms with E-state index in [1.807, 2.05) is 13.8 Å². The molecule has 0 saturated carbocycles. The minimum Gasteiger partial charge on any atom is -0.377 e. The summed E-state index contributed by atoms with van der Waals surface area (Å²) in [5.41, 5.74) is -0.444. The van der Waals surface area contributed by atoms with Crippen LogP contribution in [0.15, 0.2) is 4.52 Å². The molecule has 1 aromatic heterocycles. The van der Waals surface area contributed by atoms with E-state index in [9.17, 15) is 9.18 Å². The fourth-order valence-corrected chi connectivity index (χ4v) is 1.35. The zero-order valence-corrected chi connectivity index (χ0v) is 11.6. The summed E-state index contributed by atoms with van der Waals surface area (Å²) in [5.74, 6) is -0.273. The number of hydrogen-bond acceptors (Lipinski definition) is 5. The first-order valence-corrected chi connectivity index (χ1v) is 5.81. The third-order valence-corrected chi connectivity index (χ3v) is 2.72. The van der Waals surface area contributed by atoms with E-state index in [4.69, 9.17) is 14.0 Å². The normalized spacial score (nSPS) is 11.6. The summed E-state index contributed by atoms with van der Waals surface area (Å²) in [6.45, 7) is 3.16. The van der Waals surface area contributed by atoms with Crippen LogP contribution in [0.2, 0.25) is 0 Å². The van der Waals surface area contributed by atoms with Crippen LogP contribution in [0, 0.1) is 0 Å². The second kappa shape index (κ2) is 6.63. The van der Waals surface area contributed by atoms with Crippen LogP contribution in [0.5, 0.6) is 0 Å². The van der Waals surface area contributed by atoms with Gasteiger partial charge in [-0.1, -0.05) is 5.16 Å². The average Bonchev–Trinajstić information content (AvgIpc) is 2.79. The summed E-state index contributed by atoms with van der Waals surface area (Å²) in [7, 11) is 3.00. The van der Waals surface area contributed by atoms with Crippen LogP contribution >= 0.6 is 0 Å². The molecule has 0 bridgehead atoms. The fourth-order valence-electron chi connectivity index (χ4n) is 1.35. The first kappa shape index (κ1) is 15.6. The molecule has 0 fully saturated rings. The molecule has 7 heteroatoms. The van der Waals surface area contributed by atoms with Crippen LogP contribution < -0.4 is 5.32 Å². The van der Waals surface area contributed by atoms with Gasteiger partial charge in [-0.3, -0.25) is 4.79 Å². The first-order chi connectivity index (χ1) is 8.95. The molecule has 1 amide bonds. The molecule has 0 aliphatic carbocycles. The lowest BCUT2D eigenvalue weighted by Crippen LogP contribution is -2.40. The second-order valence-electron chi connectivity index (χ2n) is 4.65. The molecule has 0 aliphatic rings. The quantitative estimate of drug-likeness (QED) is 0.814. The zero-order valence-electron chi connectivity index (χ0n) is 11.6. The molecule has 1 N–H and O–H groups in total. The monoisotopic (exact) mass is 274 g/mol. The zero-order chi connectivity index (χ0) is 14.5. The van der Waals surface area contributed by atoms with Crippen LogP contribution in [-0.2, 0) is 22.8 Å². The highest BCUT2D eigenvalue weighted by molar-refractivity contribution is 5.93. The van der Waals surface area contributed by atoms with Crippen molar-refractivity contribution < 1.29 is 23.2 Å². The number of methoxy groups -OCH3 is 2. The summed E-state index contributed by atoms with van der Waals surface area (Å²) < 4.78 is 27.9. The van der Waals surface area contributed by atoms with E-state index in [1.165, 1.54) is 7.11 Å².